The average Bonchev–Trinajstić information content (AvgIpc) is 2.30. The largest absolute Gasteiger partial charge is 0.237 e. The maximum Gasteiger partial charge on any atom is 0.141 e. The van der Waals surface area contributed by atoms with E-state index in [0.29, 0.717) is 10.7 Å². The molecular weight excluding hydrogens is 208 g/mol. The second-order valence-corrected chi connectivity index (χ2v) is 3.46. The number of hydrogen-bond acceptors (Lipinski definition) is 2. The van der Waals surface area contributed by atoms with Gasteiger partial charge in [0.25, 0.3) is 0 Å². The van der Waals surface area contributed by atoms with E-state index in [2.05, 4.69) is 4.98 Å². The van der Waals surface area contributed by atoms with E-state index in [0.717, 1.165) is 11.3 Å². The summed E-state index contributed by atoms with van der Waals surface area (Å²) >= 11 is 5.78. The number of nitrogens with zero attached hydrogens (tertiary/aromatic N) is 2. The van der Waals surface area contributed by atoms with E-state index in [1.165, 1.54) is 0 Å². The molecule has 2 rings (SSSR count). The van der Waals surface area contributed by atoms with Crippen molar-refractivity contribution in [1.82, 2.24) is 4.98 Å². The highest BCUT2D eigenvalue weighted by Crippen LogP contribution is 2.19. The van der Waals surface area contributed by atoms with Gasteiger partial charge in [-0.25, -0.2) is 4.98 Å². The molecule has 0 saturated heterocycles. The van der Waals surface area contributed by atoms with Gasteiger partial charge in [-0.1, -0.05) is 29.8 Å². The van der Waals surface area contributed by atoms with Gasteiger partial charge in [0.05, 0.1) is 5.69 Å². The summed E-state index contributed by atoms with van der Waals surface area (Å²) in [6, 6.07) is 14.7. The van der Waals surface area contributed by atoms with E-state index in [-0.39, 0.29) is 0 Å². The van der Waals surface area contributed by atoms with Crippen LogP contribution in [0.3, 0.4) is 0 Å². The van der Waals surface area contributed by atoms with E-state index >= 15 is 0 Å². The minimum absolute atomic E-state index is 0.419. The summed E-state index contributed by atoms with van der Waals surface area (Å²) in [5.41, 5.74) is 2.16. The van der Waals surface area contributed by atoms with Gasteiger partial charge in [-0.05, 0) is 24.3 Å². The third kappa shape index (κ3) is 2.15. The van der Waals surface area contributed by atoms with Crippen LogP contribution >= 0.6 is 11.6 Å². The molecule has 1 aromatic heterocycles. The van der Waals surface area contributed by atoms with Crippen molar-refractivity contribution < 1.29 is 0 Å². The highest BCUT2D eigenvalue weighted by molar-refractivity contribution is 6.30. The lowest BCUT2D eigenvalue weighted by Crippen LogP contribution is -1.86. The van der Waals surface area contributed by atoms with Gasteiger partial charge >= 0.3 is 0 Å². The first-order chi connectivity index (χ1) is 7.29. The fraction of sp³-hybridized carbons (Fsp3) is 0. The van der Waals surface area contributed by atoms with E-state index in [1.54, 1.807) is 18.2 Å². The Bertz CT molecular complexity index is 512. The molecule has 0 aliphatic heterocycles. The highest BCUT2D eigenvalue weighted by atomic mass is 35.5. The summed E-state index contributed by atoms with van der Waals surface area (Å²) in [6.07, 6.45) is 0. The van der Waals surface area contributed by atoms with E-state index in [4.69, 9.17) is 16.9 Å². The van der Waals surface area contributed by atoms with Gasteiger partial charge < -0.3 is 0 Å². The van der Waals surface area contributed by atoms with Gasteiger partial charge in [-0.15, -0.1) is 0 Å². The van der Waals surface area contributed by atoms with Crippen molar-refractivity contribution in [1.29, 1.82) is 5.26 Å². The predicted octanol–water partition coefficient (Wildman–Crippen LogP) is 3.27. The van der Waals surface area contributed by atoms with Gasteiger partial charge in [-0.3, -0.25) is 0 Å². The summed E-state index contributed by atoms with van der Waals surface area (Å²) in [4.78, 5) is 4.19. The van der Waals surface area contributed by atoms with Gasteiger partial charge in [0, 0.05) is 10.6 Å². The van der Waals surface area contributed by atoms with Crippen LogP contribution in [0.4, 0.5) is 0 Å². The van der Waals surface area contributed by atoms with Crippen LogP contribution in [0.25, 0.3) is 11.3 Å². The molecule has 2 nitrogen and oxygen atoms in total. The molecular formula is C12H7ClN2. The first-order valence-corrected chi connectivity index (χ1v) is 4.80. The molecule has 0 amide bonds. The Hall–Kier alpha value is -1.85. The van der Waals surface area contributed by atoms with Gasteiger partial charge in [-0.2, -0.15) is 5.26 Å². The maximum atomic E-state index is 8.72. The Morgan fingerprint density at radius 1 is 1.07 bits per heavy atom. The molecule has 0 unspecified atom stereocenters. The smallest absolute Gasteiger partial charge is 0.141 e. The molecule has 0 spiro atoms. The Morgan fingerprint density at radius 2 is 1.80 bits per heavy atom. The fourth-order valence-electron chi connectivity index (χ4n) is 1.28. The second kappa shape index (κ2) is 4.12. The molecule has 72 valence electrons. The van der Waals surface area contributed by atoms with Crippen molar-refractivity contribution >= 4 is 11.6 Å². The predicted molar refractivity (Wildman–Crippen MR) is 59.4 cm³/mol. The lowest BCUT2D eigenvalue weighted by Gasteiger charge is -2.00. The Kier molecular flexibility index (Phi) is 2.66. The molecule has 0 bridgehead atoms. The number of aromatic nitrogens is 1. The van der Waals surface area contributed by atoms with Crippen LogP contribution in [-0.4, -0.2) is 4.98 Å². The Balaban J connectivity index is 2.46. The summed E-state index contributed by atoms with van der Waals surface area (Å²) in [5.74, 6) is 0. The topological polar surface area (TPSA) is 36.7 Å². The highest BCUT2D eigenvalue weighted by Gasteiger charge is 1.99. The van der Waals surface area contributed by atoms with Crippen molar-refractivity contribution in [2.24, 2.45) is 0 Å². The van der Waals surface area contributed by atoms with Crippen molar-refractivity contribution in [3.8, 4) is 17.3 Å². The van der Waals surface area contributed by atoms with Crippen molar-refractivity contribution in [2.45, 2.75) is 0 Å². The quantitative estimate of drug-likeness (QED) is 0.731. The number of rotatable bonds is 1. The first kappa shape index (κ1) is 9.70. The molecule has 0 fully saturated rings. The number of nitriles is 1. The normalized spacial score (nSPS) is 9.60. The van der Waals surface area contributed by atoms with Crippen LogP contribution in [-0.2, 0) is 0 Å². The molecule has 1 aromatic carbocycles. The molecule has 3 heteroatoms. The molecule has 0 aliphatic rings. The number of benzene rings is 1. The standard InChI is InChI=1S/C12H7ClN2/c13-10-6-4-9(5-7-10)12-3-1-2-11(8-14)15-12/h1-7H. The summed E-state index contributed by atoms with van der Waals surface area (Å²) in [6.45, 7) is 0. The maximum absolute atomic E-state index is 8.72. The summed E-state index contributed by atoms with van der Waals surface area (Å²) in [5, 5.41) is 9.41. The zero-order valence-electron chi connectivity index (χ0n) is 7.81. The van der Waals surface area contributed by atoms with Gasteiger partial charge in [0.15, 0.2) is 0 Å². The zero-order valence-corrected chi connectivity index (χ0v) is 8.57. The number of hydrogen-bond donors (Lipinski definition) is 0. The van der Waals surface area contributed by atoms with E-state index < -0.39 is 0 Å². The Morgan fingerprint density at radius 3 is 2.47 bits per heavy atom. The summed E-state index contributed by atoms with van der Waals surface area (Å²) in [7, 11) is 0. The molecule has 0 aliphatic carbocycles. The van der Waals surface area contributed by atoms with Crippen molar-refractivity contribution in [2.75, 3.05) is 0 Å². The first-order valence-electron chi connectivity index (χ1n) is 4.43. The average molecular weight is 215 g/mol. The lowest BCUT2D eigenvalue weighted by atomic mass is 10.1. The SMILES string of the molecule is N#Cc1cccc(-c2ccc(Cl)cc2)n1. The molecule has 2 aromatic rings. The monoisotopic (exact) mass is 214 g/mol. The molecule has 0 atom stereocenters. The van der Waals surface area contributed by atoms with Crippen LogP contribution < -0.4 is 0 Å². The molecule has 1 heterocycles. The molecule has 15 heavy (non-hydrogen) atoms. The number of pyridine rings is 1. The third-order valence-electron chi connectivity index (χ3n) is 2.00. The van der Waals surface area contributed by atoms with Crippen molar-refractivity contribution in [3.63, 3.8) is 0 Å². The number of halogens is 1. The van der Waals surface area contributed by atoms with E-state index in [1.807, 2.05) is 30.3 Å². The van der Waals surface area contributed by atoms with E-state index in [9.17, 15) is 0 Å². The third-order valence-corrected chi connectivity index (χ3v) is 2.26. The summed E-state index contributed by atoms with van der Waals surface area (Å²) < 4.78 is 0. The van der Waals surface area contributed by atoms with Gasteiger partial charge in [0.2, 0.25) is 0 Å². The minimum Gasteiger partial charge on any atom is -0.237 e. The molecule has 0 radical (unpaired) electrons. The van der Waals surface area contributed by atoms with Gasteiger partial charge in [0.1, 0.15) is 11.8 Å². The van der Waals surface area contributed by atoms with Crippen LogP contribution in [0, 0.1) is 11.3 Å². The second-order valence-electron chi connectivity index (χ2n) is 3.03. The van der Waals surface area contributed by atoms with Crippen molar-refractivity contribution in [3.05, 3.63) is 53.2 Å². The van der Waals surface area contributed by atoms with Crippen LogP contribution in [0.15, 0.2) is 42.5 Å². The minimum atomic E-state index is 0.419. The molecule has 0 saturated carbocycles. The van der Waals surface area contributed by atoms with Crippen LogP contribution in [0.5, 0.6) is 0 Å². The Labute approximate surface area is 92.8 Å². The zero-order chi connectivity index (χ0) is 10.7. The fourth-order valence-corrected chi connectivity index (χ4v) is 1.40. The van der Waals surface area contributed by atoms with Crippen LogP contribution in [0.2, 0.25) is 5.02 Å². The lowest BCUT2D eigenvalue weighted by molar-refractivity contribution is 1.27. The molecule has 0 N–H and O–H groups in total. The van der Waals surface area contributed by atoms with Crippen LogP contribution in [0.1, 0.15) is 5.69 Å².